The Balaban J connectivity index is 0.000000187. The first kappa shape index (κ1) is 23.9. The van der Waals surface area contributed by atoms with Crippen molar-refractivity contribution in [1.82, 2.24) is 0 Å². The van der Waals surface area contributed by atoms with Crippen LogP contribution in [0.15, 0.2) is 48.5 Å². The van der Waals surface area contributed by atoms with Gasteiger partial charge in [0.05, 0.1) is 19.3 Å². The molecule has 170 valence electrons. The Morgan fingerprint density at radius 1 is 1.16 bits per heavy atom. The minimum absolute atomic E-state index is 0.0361. The highest BCUT2D eigenvalue weighted by Crippen LogP contribution is 2.56. The summed E-state index contributed by atoms with van der Waals surface area (Å²) in [7, 11) is 0. The molecule has 0 saturated carbocycles. The molecule has 0 aromatic heterocycles. The number of alkyl halides is 3. The molecule has 2 aliphatic rings. The second-order valence-corrected chi connectivity index (χ2v) is 9.18. The van der Waals surface area contributed by atoms with Crippen molar-refractivity contribution in [2.45, 2.75) is 55.9 Å². The van der Waals surface area contributed by atoms with Crippen molar-refractivity contribution < 1.29 is 32.9 Å². The highest BCUT2D eigenvalue weighted by Gasteiger charge is 2.52. The Hall–Kier alpha value is -1.74. The summed E-state index contributed by atoms with van der Waals surface area (Å²) in [5, 5.41) is 19.7. The molecule has 2 aromatic carbocycles. The van der Waals surface area contributed by atoms with E-state index in [2.05, 4.69) is 16.9 Å². The van der Waals surface area contributed by atoms with Crippen LogP contribution in [-0.4, -0.2) is 34.5 Å². The standard InChI is InChI=1S/C14H18O3S.C9H9F3O/c1-9-13(16)6-11(7-15)18-14(9)12-5-3-2-4-10(12)8-17-14;1-2-7-3-5-8(6-4-7)13-9(10,11)12/h2-5,9,11,13,15-16H,6-8H2,1H3;3-6H,2H2,1H3/t9-,11?,13?,14-;/m1./s1. The van der Waals surface area contributed by atoms with Gasteiger partial charge in [-0.15, -0.1) is 24.9 Å². The fraction of sp³-hybridized carbons (Fsp3) is 0.478. The molecule has 2 aromatic rings. The summed E-state index contributed by atoms with van der Waals surface area (Å²) in [6.45, 7) is 4.65. The molecule has 0 bridgehead atoms. The first-order valence-corrected chi connectivity index (χ1v) is 11.1. The van der Waals surface area contributed by atoms with Crippen molar-refractivity contribution in [3.63, 3.8) is 0 Å². The van der Waals surface area contributed by atoms with Gasteiger partial charge >= 0.3 is 6.36 Å². The SMILES string of the molecule is CCc1ccc(OC(F)(F)F)cc1.C[C@@H]1C(O)CC(CO)S[C@]12OCc1ccccc12. The van der Waals surface area contributed by atoms with Crippen molar-refractivity contribution in [1.29, 1.82) is 0 Å². The molecule has 1 fully saturated rings. The van der Waals surface area contributed by atoms with Gasteiger partial charge in [-0.05, 0) is 41.7 Å². The van der Waals surface area contributed by atoms with Crippen molar-refractivity contribution in [2.75, 3.05) is 6.61 Å². The maximum absolute atomic E-state index is 11.7. The van der Waals surface area contributed by atoms with Gasteiger partial charge in [-0.25, -0.2) is 0 Å². The number of benzene rings is 2. The van der Waals surface area contributed by atoms with Crippen LogP contribution >= 0.6 is 11.8 Å². The Labute approximate surface area is 184 Å². The lowest BCUT2D eigenvalue weighted by molar-refractivity contribution is -0.274. The monoisotopic (exact) mass is 456 g/mol. The Morgan fingerprint density at radius 2 is 1.84 bits per heavy atom. The maximum atomic E-state index is 11.7. The fourth-order valence-electron chi connectivity index (χ4n) is 3.89. The number of fused-ring (bicyclic) bond motifs is 2. The number of thioether (sulfide) groups is 1. The number of aliphatic hydroxyl groups excluding tert-OH is 2. The van der Waals surface area contributed by atoms with Gasteiger partial charge in [-0.3, -0.25) is 0 Å². The Morgan fingerprint density at radius 3 is 2.45 bits per heavy atom. The predicted molar refractivity (Wildman–Crippen MR) is 114 cm³/mol. The summed E-state index contributed by atoms with van der Waals surface area (Å²) in [5.74, 6) is -0.140. The van der Waals surface area contributed by atoms with Crippen molar-refractivity contribution >= 4 is 11.8 Å². The molecule has 1 spiro atoms. The number of ether oxygens (including phenoxy) is 2. The van der Waals surface area contributed by atoms with Gasteiger partial charge in [0, 0.05) is 11.2 Å². The molecule has 2 unspecified atom stereocenters. The summed E-state index contributed by atoms with van der Waals surface area (Å²) in [6, 6.07) is 14.0. The van der Waals surface area contributed by atoms with Crippen LogP contribution in [0.4, 0.5) is 13.2 Å². The lowest BCUT2D eigenvalue weighted by atomic mass is 9.88. The van der Waals surface area contributed by atoms with E-state index in [9.17, 15) is 23.4 Å². The summed E-state index contributed by atoms with van der Waals surface area (Å²) in [6.07, 6.45) is -3.59. The van der Waals surface area contributed by atoms with Crippen LogP contribution in [0, 0.1) is 5.92 Å². The number of aliphatic hydroxyl groups is 2. The van der Waals surface area contributed by atoms with E-state index >= 15 is 0 Å². The van der Waals surface area contributed by atoms with E-state index in [4.69, 9.17) is 4.74 Å². The van der Waals surface area contributed by atoms with E-state index in [1.165, 1.54) is 23.3 Å². The van der Waals surface area contributed by atoms with Crippen LogP contribution in [0.25, 0.3) is 0 Å². The summed E-state index contributed by atoms with van der Waals surface area (Å²) in [4.78, 5) is -0.484. The number of rotatable bonds is 3. The fourth-order valence-corrected chi connectivity index (χ4v) is 5.58. The smallest absolute Gasteiger partial charge is 0.406 e. The molecule has 0 amide bonds. The van der Waals surface area contributed by atoms with Gasteiger partial charge in [0.15, 0.2) is 0 Å². The third-order valence-corrected chi connectivity index (χ3v) is 7.36. The van der Waals surface area contributed by atoms with Crippen LogP contribution in [0.1, 0.15) is 37.0 Å². The minimum Gasteiger partial charge on any atom is -0.406 e. The first-order chi connectivity index (χ1) is 14.7. The number of hydrogen-bond acceptors (Lipinski definition) is 5. The van der Waals surface area contributed by atoms with E-state index in [0.717, 1.165) is 12.0 Å². The maximum Gasteiger partial charge on any atom is 0.573 e. The molecule has 2 N–H and O–H groups in total. The van der Waals surface area contributed by atoms with Crippen LogP contribution < -0.4 is 4.74 Å². The van der Waals surface area contributed by atoms with E-state index in [1.54, 1.807) is 23.9 Å². The summed E-state index contributed by atoms with van der Waals surface area (Å²) >= 11 is 1.66. The zero-order valence-corrected chi connectivity index (χ0v) is 18.2. The number of halogens is 3. The highest BCUT2D eigenvalue weighted by molar-refractivity contribution is 8.00. The van der Waals surface area contributed by atoms with Gasteiger partial charge in [-0.2, -0.15) is 0 Å². The number of aryl methyl sites for hydroxylation is 1. The second-order valence-electron chi connectivity index (χ2n) is 7.67. The Kier molecular flexibility index (Phi) is 7.57. The molecule has 4 nitrogen and oxygen atoms in total. The third kappa shape index (κ3) is 5.55. The topological polar surface area (TPSA) is 58.9 Å². The van der Waals surface area contributed by atoms with Gasteiger partial charge in [0.25, 0.3) is 0 Å². The normalized spacial score (nSPS) is 27.4. The van der Waals surface area contributed by atoms with Gasteiger partial charge in [0.1, 0.15) is 10.7 Å². The van der Waals surface area contributed by atoms with Gasteiger partial charge in [-0.1, -0.05) is 50.2 Å². The molecule has 0 aliphatic carbocycles. The minimum atomic E-state index is -4.60. The van der Waals surface area contributed by atoms with E-state index < -0.39 is 17.4 Å². The lowest BCUT2D eigenvalue weighted by Crippen LogP contribution is -2.45. The molecule has 8 heteroatoms. The molecule has 4 rings (SSSR count). The van der Waals surface area contributed by atoms with Crippen LogP contribution in [-0.2, 0) is 22.7 Å². The molecule has 0 radical (unpaired) electrons. The molecule has 2 aliphatic heterocycles. The largest absolute Gasteiger partial charge is 0.573 e. The predicted octanol–water partition coefficient (Wildman–Crippen LogP) is 5.01. The van der Waals surface area contributed by atoms with Crippen molar-refractivity contribution in [2.24, 2.45) is 5.92 Å². The zero-order valence-electron chi connectivity index (χ0n) is 17.4. The molecular weight excluding hydrogens is 429 g/mol. The summed E-state index contributed by atoms with van der Waals surface area (Å²) in [5.41, 5.74) is 3.34. The average molecular weight is 457 g/mol. The van der Waals surface area contributed by atoms with Crippen LogP contribution in [0.5, 0.6) is 5.75 Å². The number of hydrogen-bond donors (Lipinski definition) is 2. The third-order valence-electron chi connectivity index (χ3n) is 5.63. The van der Waals surface area contributed by atoms with Crippen molar-refractivity contribution in [3.8, 4) is 5.75 Å². The Bertz CT molecular complexity index is 859. The average Bonchev–Trinajstić information content (AvgIpc) is 3.11. The molecule has 1 saturated heterocycles. The highest BCUT2D eigenvalue weighted by atomic mass is 32.2. The van der Waals surface area contributed by atoms with E-state index in [1.807, 2.05) is 26.0 Å². The van der Waals surface area contributed by atoms with Crippen LogP contribution in [0.3, 0.4) is 0 Å². The zero-order chi connectivity index (χ0) is 22.6. The lowest BCUT2D eigenvalue weighted by Gasteiger charge is -2.44. The molecular formula is C23H27F3O4S. The second kappa shape index (κ2) is 9.81. The van der Waals surface area contributed by atoms with Gasteiger partial charge < -0.3 is 19.7 Å². The van der Waals surface area contributed by atoms with E-state index in [-0.39, 0.29) is 23.5 Å². The quantitative estimate of drug-likeness (QED) is 0.680. The molecule has 4 atom stereocenters. The van der Waals surface area contributed by atoms with Crippen LogP contribution in [0.2, 0.25) is 0 Å². The van der Waals surface area contributed by atoms with Gasteiger partial charge in [0.2, 0.25) is 0 Å². The van der Waals surface area contributed by atoms with E-state index in [0.29, 0.717) is 13.0 Å². The summed E-state index contributed by atoms with van der Waals surface area (Å²) < 4.78 is 44.9. The molecule has 31 heavy (non-hydrogen) atoms. The molecule has 2 heterocycles. The van der Waals surface area contributed by atoms with Crippen molar-refractivity contribution in [3.05, 3.63) is 65.2 Å². The first-order valence-electron chi connectivity index (χ1n) is 10.2.